The Morgan fingerprint density at radius 2 is 2.00 bits per heavy atom. The van der Waals surface area contributed by atoms with E-state index in [0.717, 1.165) is 32.1 Å². The predicted molar refractivity (Wildman–Crippen MR) is 75.9 cm³/mol. The zero-order valence-corrected chi connectivity index (χ0v) is 12.4. The monoisotopic (exact) mass is 257 g/mol. The average Bonchev–Trinajstić information content (AvgIpc) is 2.38. The molecule has 0 spiro atoms. The molecule has 0 saturated heterocycles. The minimum absolute atomic E-state index is 0.409. The largest absolute Gasteiger partial charge is 0.385 e. The Balaban J connectivity index is 2.34. The first kappa shape index (κ1) is 15.9. The van der Waals surface area contributed by atoms with Crippen LogP contribution in [-0.4, -0.2) is 39.0 Å². The molecule has 1 aliphatic carbocycles. The number of hydrogen-bond donors (Lipinski definition) is 1. The Morgan fingerprint density at radius 1 is 1.17 bits per heavy atom. The van der Waals surface area contributed by atoms with Crippen LogP contribution in [0, 0.1) is 5.92 Å². The van der Waals surface area contributed by atoms with Gasteiger partial charge >= 0.3 is 0 Å². The van der Waals surface area contributed by atoms with E-state index in [1.165, 1.54) is 32.1 Å². The Kier molecular flexibility index (Phi) is 8.64. The molecule has 3 atom stereocenters. The second-order valence-electron chi connectivity index (χ2n) is 5.39. The van der Waals surface area contributed by atoms with E-state index in [2.05, 4.69) is 19.2 Å². The maximum Gasteiger partial charge on any atom is 0.0730 e. The summed E-state index contributed by atoms with van der Waals surface area (Å²) in [6.45, 7) is 7.14. The predicted octanol–water partition coefficient (Wildman–Crippen LogP) is 2.99. The molecular weight excluding hydrogens is 226 g/mol. The van der Waals surface area contributed by atoms with E-state index in [-0.39, 0.29) is 0 Å². The van der Waals surface area contributed by atoms with Crippen LogP contribution in [0.15, 0.2) is 0 Å². The molecule has 3 unspecified atom stereocenters. The van der Waals surface area contributed by atoms with Crippen molar-refractivity contribution in [1.82, 2.24) is 5.32 Å². The molecule has 0 bridgehead atoms. The van der Waals surface area contributed by atoms with Gasteiger partial charge in [-0.15, -0.1) is 0 Å². The first-order valence-corrected chi connectivity index (χ1v) is 7.65. The molecule has 1 N–H and O–H groups in total. The van der Waals surface area contributed by atoms with Crippen LogP contribution in [-0.2, 0) is 9.47 Å². The molecule has 1 aliphatic rings. The number of ether oxygens (including phenoxy) is 2. The number of methoxy groups -OCH3 is 1. The molecule has 1 rings (SSSR count). The van der Waals surface area contributed by atoms with E-state index >= 15 is 0 Å². The minimum Gasteiger partial charge on any atom is -0.385 e. The number of rotatable bonds is 9. The third kappa shape index (κ3) is 5.68. The molecule has 108 valence electrons. The Morgan fingerprint density at radius 3 is 2.67 bits per heavy atom. The maximum atomic E-state index is 6.08. The van der Waals surface area contributed by atoms with Crippen LogP contribution in [0.2, 0.25) is 0 Å². The summed E-state index contributed by atoms with van der Waals surface area (Å²) in [6, 6.07) is 0.561. The molecule has 3 nitrogen and oxygen atoms in total. The fraction of sp³-hybridized carbons (Fsp3) is 1.00. The normalized spacial score (nSPS) is 28.5. The Bertz CT molecular complexity index is 199. The lowest BCUT2D eigenvalue weighted by molar-refractivity contribution is -0.0171. The summed E-state index contributed by atoms with van der Waals surface area (Å²) < 4.78 is 11.2. The first-order valence-electron chi connectivity index (χ1n) is 7.65. The lowest BCUT2D eigenvalue weighted by Crippen LogP contribution is -2.45. The lowest BCUT2D eigenvalue weighted by atomic mass is 9.81. The first-order chi connectivity index (χ1) is 8.81. The van der Waals surface area contributed by atoms with Gasteiger partial charge in [-0.25, -0.2) is 0 Å². The molecular formula is C15H31NO2. The highest BCUT2D eigenvalue weighted by Crippen LogP contribution is 2.30. The molecule has 0 heterocycles. The molecule has 0 radical (unpaired) electrons. The van der Waals surface area contributed by atoms with Crippen LogP contribution in [0.5, 0.6) is 0 Å². The second kappa shape index (κ2) is 9.76. The summed E-state index contributed by atoms with van der Waals surface area (Å²) in [5.41, 5.74) is 0. The quantitative estimate of drug-likeness (QED) is 0.644. The molecule has 1 saturated carbocycles. The van der Waals surface area contributed by atoms with Gasteiger partial charge < -0.3 is 14.8 Å². The van der Waals surface area contributed by atoms with E-state index in [9.17, 15) is 0 Å². The highest BCUT2D eigenvalue weighted by molar-refractivity contribution is 4.85. The average molecular weight is 257 g/mol. The van der Waals surface area contributed by atoms with E-state index in [1.807, 2.05) is 0 Å². The summed E-state index contributed by atoms with van der Waals surface area (Å²) in [5, 5.41) is 3.58. The fourth-order valence-corrected chi connectivity index (χ4v) is 3.00. The van der Waals surface area contributed by atoms with Gasteiger partial charge in [-0.05, 0) is 38.1 Å². The highest BCUT2D eigenvalue weighted by Gasteiger charge is 2.29. The number of hydrogen-bond acceptors (Lipinski definition) is 3. The van der Waals surface area contributed by atoms with Crippen molar-refractivity contribution in [2.24, 2.45) is 5.92 Å². The van der Waals surface area contributed by atoms with Crippen LogP contribution in [0.3, 0.4) is 0 Å². The fourth-order valence-electron chi connectivity index (χ4n) is 3.00. The van der Waals surface area contributed by atoms with Gasteiger partial charge in [-0.1, -0.05) is 26.7 Å². The number of nitrogens with one attached hydrogen (secondary N) is 1. The van der Waals surface area contributed by atoms with E-state index in [1.54, 1.807) is 7.11 Å². The summed E-state index contributed by atoms with van der Waals surface area (Å²) in [4.78, 5) is 0. The number of likely N-dealkylation sites (N-methyl/N-ethyl adjacent to an activating group) is 1. The minimum atomic E-state index is 0.409. The lowest BCUT2D eigenvalue weighted by Gasteiger charge is -2.36. The van der Waals surface area contributed by atoms with Gasteiger partial charge in [0.05, 0.1) is 6.10 Å². The van der Waals surface area contributed by atoms with Crippen LogP contribution in [0.4, 0.5) is 0 Å². The van der Waals surface area contributed by atoms with E-state index in [4.69, 9.17) is 9.47 Å². The zero-order chi connectivity index (χ0) is 13.2. The van der Waals surface area contributed by atoms with Crippen molar-refractivity contribution in [2.45, 2.75) is 64.5 Å². The zero-order valence-electron chi connectivity index (χ0n) is 12.4. The summed E-state index contributed by atoms with van der Waals surface area (Å²) in [5.74, 6) is 0.873. The van der Waals surface area contributed by atoms with Crippen molar-refractivity contribution in [3.8, 4) is 0 Å². The molecule has 0 aromatic heterocycles. The van der Waals surface area contributed by atoms with Gasteiger partial charge in [0.15, 0.2) is 0 Å². The SMILES string of the molecule is CCCC1CCC(NCC)C(OCCCOC)C1. The van der Waals surface area contributed by atoms with Crippen molar-refractivity contribution in [3.05, 3.63) is 0 Å². The Labute approximate surface area is 113 Å². The second-order valence-corrected chi connectivity index (χ2v) is 5.39. The van der Waals surface area contributed by atoms with Gasteiger partial charge in [-0.2, -0.15) is 0 Å². The molecule has 0 aliphatic heterocycles. The molecule has 0 amide bonds. The van der Waals surface area contributed by atoms with Gasteiger partial charge in [0.1, 0.15) is 0 Å². The molecule has 0 aromatic rings. The Hall–Kier alpha value is -0.120. The van der Waals surface area contributed by atoms with Gasteiger partial charge in [-0.3, -0.25) is 0 Å². The van der Waals surface area contributed by atoms with Crippen molar-refractivity contribution < 1.29 is 9.47 Å². The van der Waals surface area contributed by atoms with Crippen LogP contribution >= 0.6 is 0 Å². The van der Waals surface area contributed by atoms with Gasteiger partial charge in [0.2, 0.25) is 0 Å². The highest BCUT2D eigenvalue weighted by atomic mass is 16.5. The summed E-state index contributed by atoms with van der Waals surface area (Å²) in [7, 11) is 1.75. The van der Waals surface area contributed by atoms with Crippen molar-refractivity contribution in [2.75, 3.05) is 26.9 Å². The maximum absolute atomic E-state index is 6.08. The smallest absolute Gasteiger partial charge is 0.0730 e. The molecule has 1 fully saturated rings. The standard InChI is InChI=1S/C15H31NO2/c1-4-7-13-8-9-14(16-5-2)15(12-13)18-11-6-10-17-3/h13-16H,4-12H2,1-3H3. The third-order valence-corrected chi connectivity index (χ3v) is 3.89. The summed E-state index contributed by atoms with van der Waals surface area (Å²) >= 11 is 0. The third-order valence-electron chi connectivity index (χ3n) is 3.89. The van der Waals surface area contributed by atoms with Crippen molar-refractivity contribution >= 4 is 0 Å². The van der Waals surface area contributed by atoms with E-state index < -0.39 is 0 Å². The van der Waals surface area contributed by atoms with Crippen LogP contribution < -0.4 is 5.32 Å². The topological polar surface area (TPSA) is 30.5 Å². The van der Waals surface area contributed by atoms with Gasteiger partial charge in [0, 0.05) is 26.4 Å². The van der Waals surface area contributed by atoms with E-state index in [0.29, 0.717) is 12.1 Å². The van der Waals surface area contributed by atoms with Crippen LogP contribution in [0.25, 0.3) is 0 Å². The van der Waals surface area contributed by atoms with Crippen molar-refractivity contribution in [3.63, 3.8) is 0 Å². The van der Waals surface area contributed by atoms with Crippen LogP contribution in [0.1, 0.15) is 52.4 Å². The molecule has 3 heteroatoms. The van der Waals surface area contributed by atoms with Crippen molar-refractivity contribution in [1.29, 1.82) is 0 Å². The van der Waals surface area contributed by atoms with Gasteiger partial charge in [0.25, 0.3) is 0 Å². The molecule has 0 aromatic carbocycles. The summed E-state index contributed by atoms with van der Waals surface area (Å²) in [6.07, 6.45) is 7.94. The molecule has 18 heavy (non-hydrogen) atoms.